The van der Waals surface area contributed by atoms with Gasteiger partial charge in [-0.25, -0.2) is 9.47 Å². The number of hydrogen-bond donors (Lipinski definition) is 1. The molecule has 1 fully saturated rings. The number of hydrogen-bond acceptors (Lipinski definition) is 3. The highest BCUT2D eigenvalue weighted by Gasteiger charge is 2.20. The molecular formula is C13H18N2O3. The van der Waals surface area contributed by atoms with Crippen molar-refractivity contribution in [2.24, 2.45) is 0 Å². The van der Waals surface area contributed by atoms with Crippen LogP contribution in [0.3, 0.4) is 0 Å². The maximum absolute atomic E-state index is 12.1. The van der Waals surface area contributed by atoms with Gasteiger partial charge in [0.2, 0.25) is 0 Å². The molecule has 2 rings (SSSR count). The van der Waals surface area contributed by atoms with Crippen LogP contribution in [0.15, 0.2) is 10.9 Å². The molecule has 5 heteroatoms. The van der Waals surface area contributed by atoms with Gasteiger partial charge in [-0.2, -0.15) is 0 Å². The summed E-state index contributed by atoms with van der Waals surface area (Å²) >= 11 is 0. The summed E-state index contributed by atoms with van der Waals surface area (Å²) in [5.74, 6) is -0.976. The predicted octanol–water partition coefficient (Wildman–Crippen LogP) is 1.29. The number of nitrogens with zero attached hydrogens (tertiary/aromatic N) is 2. The first-order valence-electron chi connectivity index (χ1n) is 6.24. The van der Waals surface area contributed by atoms with Crippen LogP contribution in [0.5, 0.6) is 0 Å². The number of carboxylic acid groups (broad SMARTS) is 1. The summed E-state index contributed by atoms with van der Waals surface area (Å²) in [5.41, 5.74) is 1.14. The van der Waals surface area contributed by atoms with Crippen LogP contribution in [-0.2, 0) is 0 Å². The molecule has 0 radical (unpaired) electrons. The molecule has 0 saturated carbocycles. The molecule has 0 amide bonds. The van der Waals surface area contributed by atoms with Crippen LogP contribution in [0.4, 0.5) is 0 Å². The Balaban J connectivity index is 2.56. The van der Waals surface area contributed by atoms with Crippen molar-refractivity contribution in [3.05, 3.63) is 33.2 Å². The lowest BCUT2D eigenvalue weighted by Gasteiger charge is -2.32. The van der Waals surface area contributed by atoms with Gasteiger partial charge in [0.25, 0.3) is 5.56 Å². The summed E-state index contributed by atoms with van der Waals surface area (Å²) in [5, 5.41) is 11.2. The van der Waals surface area contributed by atoms with Gasteiger partial charge in [0.15, 0.2) is 0 Å². The molecule has 0 bridgehead atoms. The van der Waals surface area contributed by atoms with E-state index in [1.165, 1.54) is 17.2 Å². The molecule has 0 spiro atoms. The molecule has 0 aromatic carbocycles. The van der Waals surface area contributed by atoms with Crippen molar-refractivity contribution in [2.45, 2.75) is 33.1 Å². The molecule has 18 heavy (non-hydrogen) atoms. The van der Waals surface area contributed by atoms with E-state index in [4.69, 9.17) is 0 Å². The molecule has 1 N–H and O–H groups in total. The average Bonchev–Trinajstić information content (AvgIpc) is 2.28. The Bertz CT molecular complexity index is 528. The van der Waals surface area contributed by atoms with Gasteiger partial charge < -0.3 is 10.1 Å². The highest BCUT2D eigenvalue weighted by atomic mass is 16.4. The van der Waals surface area contributed by atoms with Gasteiger partial charge in [-0.1, -0.05) is 0 Å². The van der Waals surface area contributed by atoms with Gasteiger partial charge >= 0.3 is 5.97 Å². The minimum absolute atomic E-state index is 0.142. The standard InChI is InChI=1S/C13H18N2O3/c1-9-8-11(16)15(10(2)12(9)13(17)18)14-6-4-3-5-7-14/h8H,3-7H2,1-2H3,(H,17,18). The van der Waals surface area contributed by atoms with Crippen molar-refractivity contribution in [3.63, 3.8) is 0 Å². The monoisotopic (exact) mass is 250 g/mol. The van der Waals surface area contributed by atoms with E-state index >= 15 is 0 Å². The van der Waals surface area contributed by atoms with E-state index in [0.717, 1.165) is 25.9 Å². The Hall–Kier alpha value is -1.78. The fourth-order valence-electron chi connectivity index (χ4n) is 2.63. The Morgan fingerprint density at radius 2 is 1.83 bits per heavy atom. The zero-order chi connectivity index (χ0) is 13.3. The van der Waals surface area contributed by atoms with Crippen molar-refractivity contribution in [1.82, 2.24) is 4.68 Å². The van der Waals surface area contributed by atoms with Crippen LogP contribution < -0.4 is 10.6 Å². The smallest absolute Gasteiger partial charge is 0.337 e. The fourth-order valence-corrected chi connectivity index (χ4v) is 2.63. The fraction of sp³-hybridized carbons (Fsp3) is 0.538. The highest BCUT2D eigenvalue weighted by Crippen LogP contribution is 2.14. The van der Waals surface area contributed by atoms with Crippen molar-refractivity contribution >= 4 is 5.97 Å². The van der Waals surface area contributed by atoms with Crippen LogP contribution in [0.25, 0.3) is 0 Å². The molecule has 1 aromatic rings. The van der Waals surface area contributed by atoms with E-state index in [0.29, 0.717) is 11.3 Å². The number of pyridine rings is 1. The quantitative estimate of drug-likeness (QED) is 0.859. The summed E-state index contributed by atoms with van der Waals surface area (Å²) in [6, 6.07) is 1.41. The molecular weight excluding hydrogens is 232 g/mol. The third kappa shape index (κ3) is 2.12. The van der Waals surface area contributed by atoms with Crippen molar-refractivity contribution < 1.29 is 9.90 Å². The van der Waals surface area contributed by atoms with Gasteiger partial charge in [0.05, 0.1) is 11.3 Å². The second-order valence-electron chi connectivity index (χ2n) is 4.76. The highest BCUT2D eigenvalue weighted by molar-refractivity contribution is 5.90. The molecule has 0 unspecified atom stereocenters. The second kappa shape index (κ2) is 4.84. The molecule has 2 heterocycles. The lowest BCUT2D eigenvalue weighted by atomic mass is 10.1. The lowest BCUT2D eigenvalue weighted by molar-refractivity contribution is 0.0694. The van der Waals surface area contributed by atoms with Crippen LogP contribution in [0, 0.1) is 13.8 Å². The van der Waals surface area contributed by atoms with Crippen LogP contribution in [0.2, 0.25) is 0 Å². The van der Waals surface area contributed by atoms with Crippen LogP contribution >= 0.6 is 0 Å². The Morgan fingerprint density at radius 3 is 2.39 bits per heavy atom. The number of rotatable bonds is 2. The second-order valence-corrected chi connectivity index (χ2v) is 4.76. The molecule has 1 aliphatic rings. The van der Waals surface area contributed by atoms with E-state index in [2.05, 4.69) is 0 Å². The molecule has 0 atom stereocenters. The summed E-state index contributed by atoms with van der Waals surface area (Å²) in [4.78, 5) is 23.3. The molecule has 0 aliphatic carbocycles. The van der Waals surface area contributed by atoms with Gasteiger partial charge in [-0.05, 0) is 38.7 Å². The minimum Gasteiger partial charge on any atom is -0.478 e. The summed E-state index contributed by atoms with van der Waals surface area (Å²) in [7, 11) is 0. The van der Waals surface area contributed by atoms with Crippen molar-refractivity contribution in [1.29, 1.82) is 0 Å². The van der Waals surface area contributed by atoms with Gasteiger partial charge in [-0.3, -0.25) is 4.79 Å². The van der Waals surface area contributed by atoms with Gasteiger partial charge in [-0.15, -0.1) is 0 Å². The van der Waals surface area contributed by atoms with Crippen LogP contribution in [0.1, 0.15) is 40.9 Å². The summed E-state index contributed by atoms with van der Waals surface area (Å²) < 4.78 is 1.52. The first kappa shape index (κ1) is 12.7. The SMILES string of the molecule is Cc1cc(=O)n(N2CCCCC2)c(C)c1C(=O)O. The molecule has 1 saturated heterocycles. The number of aryl methyl sites for hydroxylation is 1. The maximum Gasteiger partial charge on any atom is 0.337 e. The Labute approximate surface area is 106 Å². The Kier molecular flexibility index (Phi) is 3.41. The zero-order valence-corrected chi connectivity index (χ0v) is 10.8. The van der Waals surface area contributed by atoms with E-state index in [9.17, 15) is 14.7 Å². The largest absolute Gasteiger partial charge is 0.478 e. The van der Waals surface area contributed by atoms with Crippen molar-refractivity contribution in [3.8, 4) is 0 Å². The number of carbonyl (C=O) groups is 1. The third-order valence-electron chi connectivity index (χ3n) is 3.45. The molecule has 1 aromatic heterocycles. The lowest BCUT2D eigenvalue weighted by Crippen LogP contribution is -2.47. The molecule has 5 nitrogen and oxygen atoms in total. The van der Waals surface area contributed by atoms with E-state index in [-0.39, 0.29) is 11.1 Å². The Morgan fingerprint density at radius 1 is 1.22 bits per heavy atom. The van der Waals surface area contributed by atoms with Crippen LogP contribution in [-0.4, -0.2) is 28.8 Å². The molecule has 98 valence electrons. The third-order valence-corrected chi connectivity index (χ3v) is 3.45. The van der Waals surface area contributed by atoms with E-state index in [1.54, 1.807) is 13.8 Å². The zero-order valence-electron chi connectivity index (χ0n) is 10.8. The summed E-state index contributed by atoms with van der Waals surface area (Å²) in [6.45, 7) is 4.98. The summed E-state index contributed by atoms with van der Waals surface area (Å²) in [6.07, 6.45) is 3.26. The normalized spacial score (nSPS) is 15.8. The first-order chi connectivity index (χ1) is 8.52. The number of carboxylic acids is 1. The van der Waals surface area contributed by atoms with E-state index in [1.807, 2.05) is 5.01 Å². The van der Waals surface area contributed by atoms with Crippen molar-refractivity contribution in [2.75, 3.05) is 18.1 Å². The molecule has 1 aliphatic heterocycles. The number of piperidine rings is 1. The van der Waals surface area contributed by atoms with Gasteiger partial charge in [0, 0.05) is 19.2 Å². The van der Waals surface area contributed by atoms with E-state index < -0.39 is 5.97 Å². The average molecular weight is 250 g/mol. The predicted molar refractivity (Wildman–Crippen MR) is 68.9 cm³/mol. The number of aromatic nitrogens is 1. The van der Waals surface area contributed by atoms with Gasteiger partial charge in [0.1, 0.15) is 0 Å². The topological polar surface area (TPSA) is 62.5 Å². The first-order valence-corrected chi connectivity index (χ1v) is 6.24. The maximum atomic E-state index is 12.1. The minimum atomic E-state index is -0.976. The number of aromatic carboxylic acids is 1.